The van der Waals surface area contributed by atoms with E-state index in [-0.39, 0.29) is 6.61 Å². The highest BCUT2D eigenvalue weighted by Crippen LogP contribution is 2.35. The van der Waals surface area contributed by atoms with Crippen molar-refractivity contribution < 1.29 is 22.7 Å². The summed E-state index contributed by atoms with van der Waals surface area (Å²) in [6.07, 6.45) is -3.34. The van der Waals surface area contributed by atoms with Crippen LogP contribution in [0.3, 0.4) is 0 Å². The molecule has 1 aromatic rings. The number of benzene rings is 1. The van der Waals surface area contributed by atoms with Crippen molar-refractivity contribution in [1.29, 1.82) is 0 Å². The summed E-state index contributed by atoms with van der Waals surface area (Å²) >= 11 is 0. The minimum absolute atomic E-state index is 0.0302. The third kappa shape index (κ3) is 2.72. The number of nitrogens with one attached hydrogen (secondary N) is 1. The highest BCUT2D eigenvalue weighted by Gasteiger charge is 2.46. The van der Waals surface area contributed by atoms with E-state index in [0.29, 0.717) is 11.3 Å². The van der Waals surface area contributed by atoms with Crippen LogP contribution in [0.2, 0.25) is 0 Å². The molecule has 0 saturated carbocycles. The van der Waals surface area contributed by atoms with Crippen LogP contribution in [0, 0.1) is 0 Å². The number of ether oxygens (including phenoxy) is 1. The molecule has 0 radical (unpaired) electrons. The Balaban J connectivity index is 2.44. The Kier molecular flexibility index (Phi) is 3.50. The molecule has 1 N–H and O–H groups in total. The molecule has 0 spiro atoms. The number of carbonyl (C=O) groups is 1. The first-order chi connectivity index (χ1) is 8.93. The van der Waals surface area contributed by atoms with Gasteiger partial charge in [0.05, 0.1) is 12.2 Å². The Morgan fingerprint density at radius 1 is 1.37 bits per heavy atom. The molecule has 0 aromatic heterocycles. The summed E-state index contributed by atoms with van der Waals surface area (Å²) in [4.78, 5) is 11.6. The lowest BCUT2D eigenvalue weighted by atomic mass is 9.97. The Morgan fingerprint density at radius 3 is 2.68 bits per heavy atom. The van der Waals surface area contributed by atoms with Gasteiger partial charge in [0.15, 0.2) is 6.04 Å². The normalized spacial score (nSPS) is 18.1. The quantitative estimate of drug-likeness (QED) is 0.840. The summed E-state index contributed by atoms with van der Waals surface area (Å²) in [6, 6.07) is 4.44. The van der Waals surface area contributed by atoms with E-state index in [2.05, 4.69) is 10.1 Å². The second-order valence-electron chi connectivity index (χ2n) is 4.03. The number of fused-ring (bicyclic) bond motifs is 1. The molecule has 0 amide bonds. The topological polar surface area (TPSA) is 38.3 Å². The fourth-order valence-corrected chi connectivity index (χ4v) is 1.89. The summed E-state index contributed by atoms with van der Waals surface area (Å²) in [5.74, 6) is -0.952. The number of anilines is 1. The van der Waals surface area contributed by atoms with E-state index in [1.807, 2.05) is 0 Å². The first-order valence-corrected chi connectivity index (χ1v) is 5.74. The maximum atomic E-state index is 13.0. The molecule has 0 fully saturated rings. The maximum absolute atomic E-state index is 13.0. The van der Waals surface area contributed by atoms with Crippen molar-refractivity contribution in [2.24, 2.45) is 0 Å². The van der Waals surface area contributed by atoms with Gasteiger partial charge in [0.25, 0.3) is 0 Å². The SMILES string of the molecule is CCOC(=O)C1=Cc2ccccc2NC1C(F)(F)F. The fraction of sp³-hybridized carbons (Fsp3) is 0.308. The lowest BCUT2D eigenvalue weighted by Crippen LogP contribution is -2.42. The van der Waals surface area contributed by atoms with E-state index in [0.717, 1.165) is 0 Å². The fourth-order valence-electron chi connectivity index (χ4n) is 1.89. The number of alkyl halides is 3. The largest absolute Gasteiger partial charge is 0.463 e. The van der Waals surface area contributed by atoms with Crippen LogP contribution in [0.15, 0.2) is 29.8 Å². The van der Waals surface area contributed by atoms with Crippen molar-refractivity contribution >= 4 is 17.7 Å². The van der Waals surface area contributed by atoms with Crippen LogP contribution in [-0.2, 0) is 9.53 Å². The highest BCUT2D eigenvalue weighted by molar-refractivity contribution is 5.98. The molecular formula is C13H12F3NO2. The first-order valence-electron chi connectivity index (χ1n) is 5.74. The Morgan fingerprint density at radius 2 is 2.05 bits per heavy atom. The van der Waals surface area contributed by atoms with Crippen molar-refractivity contribution in [2.45, 2.75) is 19.1 Å². The molecule has 0 aliphatic carbocycles. The van der Waals surface area contributed by atoms with Crippen molar-refractivity contribution in [1.82, 2.24) is 0 Å². The number of esters is 1. The zero-order valence-corrected chi connectivity index (χ0v) is 10.1. The number of halogens is 3. The summed E-state index contributed by atoms with van der Waals surface area (Å²) < 4.78 is 43.6. The predicted octanol–water partition coefficient (Wildman–Crippen LogP) is 2.99. The molecule has 102 valence electrons. The van der Waals surface area contributed by atoms with Crippen LogP contribution >= 0.6 is 0 Å². The van der Waals surface area contributed by atoms with Gasteiger partial charge in [-0.15, -0.1) is 0 Å². The van der Waals surface area contributed by atoms with Gasteiger partial charge in [0.1, 0.15) is 0 Å². The molecule has 0 saturated heterocycles. The lowest BCUT2D eigenvalue weighted by molar-refractivity contribution is -0.150. The van der Waals surface area contributed by atoms with Crippen molar-refractivity contribution in [3.63, 3.8) is 0 Å². The zero-order chi connectivity index (χ0) is 14.0. The van der Waals surface area contributed by atoms with Crippen LogP contribution in [0.25, 0.3) is 6.08 Å². The van der Waals surface area contributed by atoms with Gasteiger partial charge in [-0.25, -0.2) is 4.79 Å². The molecule has 1 aliphatic heterocycles. The molecule has 1 atom stereocenters. The average molecular weight is 271 g/mol. The van der Waals surface area contributed by atoms with Gasteiger partial charge in [0.2, 0.25) is 0 Å². The lowest BCUT2D eigenvalue weighted by Gasteiger charge is -2.28. The third-order valence-corrected chi connectivity index (χ3v) is 2.72. The van der Waals surface area contributed by atoms with Gasteiger partial charge in [-0.05, 0) is 24.6 Å². The highest BCUT2D eigenvalue weighted by atomic mass is 19.4. The molecule has 1 unspecified atom stereocenters. The third-order valence-electron chi connectivity index (χ3n) is 2.72. The van der Waals surface area contributed by atoms with Crippen LogP contribution in [0.4, 0.5) is 18.9 Å². The Bertz CT molecular complexity index is 523. The van der Waals surface area contributed by atoms with Crippen LogP contribution in [-0.4, -0.2) is 24.8 Å². The average Bonchev–Trinajstić information content (AvgIpc) is 2.36. The Labute approximate surface area is 108 Å². The number of para-hydroxylation sites is 1. The number of hydrogen-bond acceptors (Lipinski definition) is 3. The van der Waals surface area contributed by atoms with E-state index in [9.17, 15) is 18.0 Å². The van der Waals surface area contributed by atoms with Crippen molar-refractivity contribution in [3.8, 4) is 0 Å². The number of hydrogen-bond donors (Lipinski definition) is 1. The van der Waals surface area contributed by atoms with Crippen LogP contribution in [0.1, 0.15) is 12.5 Å². The summed E-state index contributed by atoms with van der Waals surface area (Å²) in [7, 11) is 0. The maximum Gasteiger partial charge on any atom is 0.413 e. The summed E-state index contributed by atoms with van der Waals surface area (Å²) in [6.45, 7) is 1.58. The second-order valence-corrected chi connectivity index (χ2v) is 4.03. The monoisotopic (exact) mass is 271 g/mol. The van der Waals surface area contributed by atoms with E-state index < -0.39 is 23.8 Å². The first kappa shape index (κ1) is 13.5. The standard InChI is InChI=1S/C13H12F3NO2/c1-2-19-12(18)9-7-8-5-3-4-6-10(8)17-11(9)13(14,15)16/h3-7,11,17H,2H2,1H3. The minimum Gasteiger partial charge on any atom is -0.463 e. The molecule has 1 aromatic carbocycles. The van der Waals surface area contributed by atoms with Gasteiger partial charge in [-0.3, -0.25) is 0 Å². The molecule has 1 heterocycles. The number of carbonyl (C=O) groups excluding carboxylic acids is 1. The second kappa shape index (κ2) is 4.95. The van der Waals surface area contributed by atoms with Gasteiger partial charge in [0, 0.05) is 5.69 Å². The van der Waals surface area contributed by atoms with E-state index in [4.69, 9.17) is 0 Å². The summed E-state index contributed by atoms with van der Waals surface area (Å²) in [5, 5.41) is 2.33. The molecule has 0 bridgehead atoms. The van der Waals surface area contributed by atoms with Gasteiger partial charge in [-0.2, -0.15) is 13.2 Å². The van der Waals surface area contributed by atoms with E-state index in [1.54, 1.807) is 25.1 Å². The molecule has 2 rings (SSSR count). The smallest absolute Gasteiger partial charge is 0.413 e. The zero-order valence-electron chi connectivity index (χ0n) is 10.1. The molecule has 3 nitrogen and oxygen atoms in total. The molecule has 19 heavy (non-hydrogen) atoms. The number of rotatable bonds is 2. The van der Waals surface area contributed by atoms with Crippen LogP contribution in [0.5, 0.6) is 0 Å². The van der Waals surface area contributed by atoms with Crippen LogP contribution < -0.4 is 5.32 Å². The summed E-state index contributed by atoms with van der Waals surface area (Å²) in [5.41, 5.74) is 0.456. The predicted molar refractivity (Wildman–Crippen MR) is 64.5 cm³/mol. The van der Waals surface area contributed by atoms with Crippen molar-refractivity contribution in [3.05, 3.63) is 35.4 Å². The van der Waals surface area contributed by atoms with Gasteiger partial charge >= 0.3 is 12.1 Å². The van der Waals surface area contributed by atoms with Gasteiger partial charge < -0.3 is 10.1 Å². The van der Waals surface area contributed by atoms with E-state index in [1.165, 1.54) is 12.1 Å². The van der Waals surface area contributed by atoms with Crippen molar-refractivity contribution in [2.75, 3.05) is 11.9 Å². The Hall–Kier alpha value is -1.98. The molecule has 6 heteroatoms. The molecular weight excluding hydrogens is 259 g/mol. The van der Waals surface area contributed by atoms with E-state index >= 15 is 0 Å². The molecule has 1 aliphatic rings. The van der Waals surface area contributed by atoms with Gasteiger partial charge in [-0.1, -0.05) is 18.2 Å². The minimum atomic E-state index is -4.56.